The number of hydrogen-bond donors (Lipinski definition) is 2. The highest BCUT2D eigenvalue weighted by molar-refractivity contribution is 5.82. The Morgan fingerprint density at radius 3 is 2.56 bits per heavy atom. The van der Waals surface area contributed by atoms with Crippen molar-refractivity contribution < 1.29 is 14.2 Å². The number of methoxy groups -OCH3 is 3. The van der Waals surface area contributed by atoms with E-state index in [-0.39, 0.29) is 0 Å². The van der Waals surface area contributed by atoms with E-state index in [9.17, 15) is 0 Å². The molecule has 0 saturated heterocycles. The van der Waals surface area contributed by atoms with Gasteiger partial charge in [0.15, 0.2) is 5.82 Å². The Bertz CT molecular complexity index is 934. The van der Waals surface area contributed by atoms with Gasteiger partial charge < -0.3 is 19.5 Å². The van der Waals surface area contributed by atoms with Crippen LogP contribution >= 0.6 is 0 Å². The molecule has 0 saturated carbocycles. The predicted molar refractivity (Wildman–Crippen MR) is 96.2 cm³/mol. The van der Waals surface area contributed by atoms with Gasteiger partial charge >= 0.3 is 0 Å². The molecule has 1 aliphatic rings. The first kappa shape index (κ1) is 15.4. The first-order valence-corrected chi connectivity index (χ1v) is 7.97. The number of H-pyrrole nitrogens is 1. The highest BCUT2D eigenvalue weighted by Gasteiger charge is 2.27. The molecule has 0 aliphatic heterocycles. The third-order valence-electron chi connectivity index (χ3n) is 4.50. The summed E-state index contributed by atoms with van der Waals surface area (Å²) in [4.78, 5) is 0. The van der Waals surface area contributed by atoms with E-state index < -0.39 is 0 Å². The van der Waals surface area contributed by atoms with Crippen LogP contribution in [0.2, 0.25) is 0 Å². The van der Waals surface area contributed by atoms with Gasteiger partial charge in [0.2, 0.25) is 0 Å². The fourth-order valence-corrected chi connectivity index (χ4v) is 3.25. The van der Waals surface area contributed by atoms with Crippen LogP contribution < -0.4 is 19.5 Å². The minimum Gasteiger partial charge on any atom is -0.497 e. The molecule has 0 unspecified atom stereocenters. The van der Waals surface area contributed by atoms with Gasteiger partial charge in [-0.25, -0.2) is 0 Å². The van der Waals surface area contributed by atoms with E-state index in [1.807, 2.05) is 30.3 Å². The summed E-state index contributed by atoms with van der Waals surface area (Å²) >= 11 is 0. The summed E-state index contributed by atoms with van der Waals surface area (Å²) in [6.45, 7) is 0. The molecule has 1 aliphatic carbocycles. The molecule has 25 heavy (non-hydrogen) atoms. The molecule has 1 heterocycles. The lowest BCUT2D eigenvalue weighted by atomic mass is 10.1. The van der Waals surface area contributed by atoms with E-state index >= 15 is 0 Å². The number of aromatic amines is 1. The van der Waals surface area contributed by atoms with Crippen LogP contribution in [0, 0.1) is 0 Å². The number of fused-ring (bicyclic) bond motifs is 3. The van der Waals surface area contributed by atoms with E-state index in [0.29, 0.717) is 0 Å². The van der Waals surface area contributed by atoms with Crippen LogP contribution in [-0.4, -0.2) is 31.5 Å². The number of anilines is 2. The van der Waals surface area contributed by atoms with Crippen molar-refractivity contribution in [3.63, 3.8) is 0 Å². The van der Waals surface area contributed by atoms with Crippen molar-refractivity contribution in [2.45, 2.75) is 6.42 Å². The maximum Gasteiger partial charge on any atom is 0.156 e. The van der Waals surface area contributed by atoms with Crippen molar-refractivity contribution in [3.8, 4) is 28.5 Å². The van der Waals surface area contributed by atoms with Crippen molar-refractivity contribution in [1.82, 2.24) is 10.2 Å². The number of rotatable bonds is 5. The van der Waals surface area contributed by atoms with Gasteiger partial charge in [-0.15, -0.1) is 0 Å². The molecule has 0 atom stereocenters. The van der Waals surface area contributed by atoms with Crippen molar-refractivity contribution in [1.29, 1.82) is 0 Å². The lowest BCUT2D eigenvalue weighted by molar-refractivity contribution is 0.405. The Morgan fingerprint density at radius 1 is 0.960 bits per heavy atom. The molecule has 128 valence electrons. The average molecular weight is 337 g/mol. The number of nitrogens with one attached hydrogen (secondary N) is 2. The third kappa shape index (κ3) is 2.46. The fourth-order valence-electron chi connectivity index (χ4n) is 3.25. The summed E-state index contributed by atoms with van der Waals surface area (Å²) in [6, 6.07) is 11.7. The lowest BCUT2D eigenvalue weighted by Gasteiger charge is -2.12. The van der Waals surface area contributed by atoms with E-state index in [0.717, 1.165) is 52.0 Å². The van der Waals surface area contributed by atoms with Gasteiger partial charge in [-0.1, -0.05) is 12.1 Å². The largest absolute Gasteiger partial charge is 0.497 e. The molecule has 1 aromatic heterocycles. The SMILES string of the molecule is COc1ccc(OC)c(Nc2n[nH]c3c2Cc2c(OC)cccc2-3)c1. The predicted octanol–water partition coefficient (Wildman–Crippen LogP) is 3.75. The Kier molecular flexibility index (Phi) is 3.72. The third-order valence-corrected chi connectivity index (χ3v) is 4.50. The summed E-state index contributed by atoms with van der Waals surface area (Å²) in [5.41, 5.74) is 5.25. The molecule has 4 rings (SSSR count). The van der Waals surface area contributed by atoms with Crippen LogP contribution in [0.1, 0.15) is 11.1 Å². The minimum absolute atomic E-state index is 0.727. The average Bonchev–Trinajstić information content (AvgIpc) is 3.21. The van der Waals surface area contributed by atoms with E-state index in [1.165, 1.54) is 5.56 Å². The molecule has 0 fully saturated rings. The van der Waals surface area contributed by atoms with Crippen LogP contribution in [0.25, 0.3) is 11.3 Å². The van der Waals surface area contributed by atoms with Crippen LogP contribution in [0.3, 0.4) is 0 Å². The summed E-state index contributed by atoms with van der Waals surface area (Å²) < 4.78 is 16.2. The van der Waals surface area contributed by atoms with Gasteiger partial charge in [-0.3, -0.25) is 5.10 Å². The first-order valence-electron chi connectivity index (χ1n) is 7.97. The van der Waals surface area contributed by atoms with Gasteiger partial charge in [-0.2, -0.15) is 5.10 Å². The van der Waals surface area contributed by atoms with Gasteiger partial charge in [0.1, 0.15) is 17.2 Å². The number of hydrogen-bond acceptors (Lipinski definition) is 5. The minimum atomic E-state index is 0.727. The fraction of sp³-hybridized carbons (Fsp3) is 0.211. The molecule has 0 amide bonds. The highest BCUT2D eigenvalue weighted by Crippen LogP contribution is 2.43. The molecular weight excluding hydrogens is 318 g/mol. The van der Waals surface area contributed by atoms with Crippen LogP contribution in [0.15, 0.2) is 36.4 Å². The lowest BCUT2D eigenvalue weighted by Crippen LogP contribution is -1.98. The zero-order chi connectivity index (χ0) is 17.4. The topological polar surface area (TPSA) is 68.4 Å². The van der Waals surface area contributed by atoms with Crippen LogP contribution in [-0.2, 0) is 6.42 Å². The maximum atomic E-state index is 5.49. The molecule has 6 heteroatoms. The number of benzene rings is 2. The highest BCUT2D eigenvalue weighted by atomic mass is 16.5. The smallest absolute Gasteiger partial charge is 0.156 e. The van der Waals surface area contributed by atoms with Crippen LogP contribution in [0.5, 0.6) is 17.2 Å². The van der Waals surface area contributed by atoms with Crippen molar-refractivity contribution in [2.24, 2.45) is 0 Å². The summed E-state index contributed by atoms with van der Waals surface area (Å²) in [5, 5.41) is 10.9. The summed E-state index contributed by atoms with van der Waals surface area (Å²) in [5.74, 6) is 3.15. The molecular formula is C19H19N3O3. The standard InChI is InChI=1S/C19H19N3O3/c1-23-11-7-8-17(25-3)15(9-11)20-19-14-10-13-12(18(14)21-22-19)5-4-6-16(13)24-2/h4-9H,10H2,1-3H3,(H2,20,21,22). The molecule has 3 aromatic rings. The number of nitrogens with zero attached hydrogens (tertiary/aromatic N) is 1. The van der Waals surface area contributed by atoms with E-state index in [1.54, 1.807) is 21.3 Å². The second-order valence-electron chi connectivity index (χ2n) is 5.78. The molecule has 0 bridgehead atoms. The summed E-state index contributed by atoms with van der Waals surface area (Å²) in [7, 11) is 4.98. The monoisotopic (exact) mass is 337 g/mol. The van der Waals surface area contributed by atoms with Crippen LogP contribution in [0.4, 0.5) is 11.5 Å². The van der Waals surface area contributed by atoms with Crippen molar-refractivity contribution in [2.75, 3.05) is 26.6 Å². The Morgan fingerprint density at radius 2 is 1.80 bits per heavy atom. The Hall–Kier alpha value is -3.15. The molecule has 2 N–H and O–H groups in total. The van der Waals surface area contributed by atoms with Gasteiger partial charge in [0.05, 0.1) is 32.7 Å². The second-order valence-corrected chi connectivity index (χ2v) is 5.78. The van der Waals surface area contributed by atoms with E-state index in [4.69, 9.17) is 14.2 Å². The van der Waals surface area contributed by atoms with Gasteiger partial charge in [-0.05, 0) is 18.2 Å². The second kappa shape index (κ2) is 6.05. The Balaban J connectivity index is 1.71. The zero-order valence-electron chi connectivity index (χ0n) is 14.3. The zero-order valence-corrected chi connectivity index (χ0v) is 14.3. The summed E-state index contributed by atoms with van der Waals surface area (Å²) in [6.07, 6.45) is 0.764. The van der Waals surface area contributed by atoms with Gasteiger partial charge in [0, 0.05) is 29.2 Å². The van der Waals surface area contributed by atoms with Gasteiger partial charge in [0.25, 0.3) is 0 Å². The molecule has 0 radical (unpaired) electrons. The quantitative estimate of drug-likeness (QED) is 0.580. The molecule has 6 nitrogen and oxygen atoms in total. The maximum absolute atomic E-state index is 5.49. The van der Waals surface area contributed by atoms with Crippen molar-refractivity contribution >= 4 is 11.5 Å². The normalized spacial score (nSPS) is 11.6. The Labute approximate surface area is 145 Å². The van der Waals surface area contributed by atoms with E-state index in [2.05, 4.69) is 21.6 Å². The number of aromatic nitrogens is 2. The molecule has 2 aromatic carbocycles. The first-order chi connectivity index (χ1) is 12.2. The molecule has 0 spiro atoms. The van der Waals surface area contributed by atoms with Crippen molar-refractivity contribution in [3.05, 3.63) is 47.5 Å². The number of ether oxygens (including phenoxy) is 3.